The predicted octanol–water partition coefficient (Wildman–Crippen LogP) is 0.228. The molecule has 1 heterocycles. The normalized spacial score (nSPS) is 23.7. The fourth-order valence-corrected chi connectivity index (χ4v) is 0.922. The predicted molar refractivity (Wildman–Crippen MR) is 37.0 cm³/mol. The van der Waals surface area contributed by atoms with Crippen LogP contribution >= 0.6 is 0 Å². The number of nitriles is 1. The van der Waals surface area contributed by atoms with Gasteiger partial charge in [0.25, 0.3) is 0 Å². The van der Waals surface area contributed by atoms with E-state index >= 15 is 0 Å². The van der Waals surface area contributed by atoms with Crippen molar-refractivity contribution in [3.05, 3.63) is 11.8 Å². The van der Waals surface area contributed by atoms with Gasteiger partial charge in [0.05, 0.1) is 0 Å². The average molecular weight is 152 g/mol. The Bertz CT molecular complexity index is 252. The summed E-state index contributed by atoms with van der Waals surface area (Å²) >= 11 is 0. The highest BCUT2D eigenvalue weighted by Gasteiger charge is 2.26. The molecule has 0 aromatic heterocycles. The maximum atomic E-state index is 10.8. The van der Waals surface area contributed by atoms with E-state index in [0.717, 1.165) is 0 Å². The second-order valence-electron chi connectivity index (χ2n) is 2.34. The van der Waals surface area contributed by atoms with Crippen molar-refractivity contribution in [3.63, 3.8) is 0 Å². The number of likely N-dealkylation sites (N-methyl/N-ethyl adjacent to an activating group) is 1. The highest BCUT2D eigenvalue weighted by molar-refractivity contribution is 5.83. The van der Waals surface area contributed by atoms with Crippen LogP contribution in [0.5, 0.6) is 0 Å². The Hall–Kier alpha value is -1.34. The van der Waals surface area contributed by atoms with Gasteiger partial charge in [-0.1, -0.05) is 0 Å². The van der Waals surface area contributed by atoms with E-state index in [0.29, 0.717) is 0 Å². The van der Waals surface area contributed by atoms with E-state index in [1.165, 1.54) is 18.1 Å². The topological polar surface area (TPSA) is 53.3 Å². The Morgan fingerprint density at radius 3 is 2.82 bits per heavy atom. The van der Waals surface area contributed by atoms with Crippen LogP contribution in [-0.2, 0) is 9.63 Å². The number of hydrogen-bond acceptors (Lipinski definition) is 4. The summed E-state index contributed by atoms with van der Waals surface area (Å²) in [4.78, 5) is 15.7. The lowest BCUT2D eigenvalue weighted by Crippen LogP contribution is -2.30. The van der Waals surface area contributed by atoms with Crippen molar-refractivity contribution in [2.75, 3.05) is 7.05 Å². The van der Waals surface area contributed by atoms with E-state index in [1.54, 1.807) is 7.05 Å². The minimum Gasteiger partial charge on any atom is -0.394 e. The second-order valence-corrected chi connectivity index (χ2v) is 2.34. The number of rotatable bonds is 1. The molecule has 1 aliphatic rings. The first-order valence-corrected chi connectivity index (χ1v) is 3.18. The molecule has 4 heteroatoms. The molecule has 1 aliphatic heterocycles. The van der Waals surface area contributed by atoms with Gasteiger partial charge < -0.3 is 4.84 Å². The van der Waals surface area contributed by atoms with E-state index in [1.807, 2.05) is 6.07 Å². The maximum absolute atomic E-state index is 10.8. The van der Waals surface area contributed by atoms with Crippen LogP contribution in [0.2, 0.25) is 0 Å². The molecule has 0 aromatic rings. The summed E-state index contributed by atoms with van der Waals surface area (Å²) in [5, 5.41) is 9.76. The molecule has 1 unspecified atom stereocenters. The summed E-state index contributed by atoms with van der Waals surface area (Å²) in [5.74, 6) is 0.158. The fourth-order valence-electron chi connectivity index (χ4n) is 0.922. The molecular weight excluding hydrogens is 144 g/mol. The fraction of sp³-hybridized carbons (Fsp3) is 0.429. The van der Waals surface area contributed by atoms with E-state index < -0.39 is 6.04 Å². The first kappa shape index (κ1) is 7.76. The summed E-state index contributed by atoms with van der Waals surface area (Å²) in [6.07, 6.45) is 1.50. The quantitative estimate of drug-likeness (QED) is 0.539. The van der Waals surface area contributed by atoms with Gasteiger partial charge in [0.15, 0.2) is 5.78 Å². The van der Waals surface area contributed by atoms with E-state index in [2.05, 4.69) is 0 Å². The largest absolute Gasteiger partial charge is 0.394 e. The Kier molecular flexibility index (Phi) is 1.92. The average Bonchev–Trinajstić information content (AvgIpc) is 2.30. The zero-order valence-electron chi connectivity index (χ0n) is 6.37. The Morgan fingerprint density at radius 1 is 1.91 bits per heavy atom. The van der Waals surface area contributed by atoms with Gasteiger partial charge in [-0.05, 0) is 13.0 Å². The van der Waals surface area contributed by atoms with Crippen LogP contribution in [-0.4, -0.2) is 23.9 Å². The van der Waals surface area contributed by atoms with Crippen LogP contribution in [0.1, 0.15) is 6.92 Å². The minimum absolute atomic E-state index is 0.0299. The molecule has 0 spiro atoms. The Labute approximate surface area is 64.6 Å². The molecule has 11 heavy (non-hydrogen) atoms. The first-order valence-electron chi connectivity index (χ1n) is 3.18. The van der Waals surface area contributed by atoms with Crippen molar-refractivity contribution in [1.29, 1.82) is 5.26 Å². The van der Waals surface area contributed by atoms with E-state index in [4.69, 9.17) is 10.1 Å². The lowest BCUT2D eigenvalue weighted by Gasteiger charge is -2.13. The summed E-state index contributed by atoms with van der Waals surface area (Å²) in [7, 11) is 1.62. The number of carbonyl (C=O) groups is 1. The first-order chi connectivity index (χ1) is 5.15. The van der Waals surface area contributed by atoms with E-state index in [9.17, 15) is 4.79 Å². The summed E-state index contributed by atoms with van der Waals surface area (Å²) in [6, 6.07) is 1.43. The molecule has 4 nitrogen and oxygen atoms in total. The van der Waals surface area contributed by atoms with Gasteiger partial charge in [0.1, 0.15) is 12.1 Å². The van der Waals surface area contributed by atoms with Gasteiger partial charge in [0.2, 0.25) is 5.76 Å². The third-order valence-electron chi connectivity index (χ3n) is 1.47. The zero-order valence-corrected chi connectivity index (χ0v) is 6.37. The standard InChI is InChI=1S/C7H8N2O2/c1-5(10)7-3-6(4-8)11-9(7)2/h3,7H,1-2H3. The SMILES string of the molecule is CC(=O)C1C=C(C#N)ON1C. The zero-order chi connectivity index (χ0) is 8.43. The maximum Gasteiger partial charge on any atom is 0.222 e. The van der Waals surface area contributed by atoms with Gasteiger partial charge in [-0.3, -0.25) is 4.79 Å². The molecule has 0 fully saturated rings. The highest BCUT2D eigenvalue weighted by Crippen LogP contribution is 2.15. The molecule has 0 saturated heterocycles. The number of carbonyl (C=O) groups excluding carboxylic acids is 1. The second kappa shape index (κ2) is 2.72. The molecular formula is C7H8N2O2. The van der Waals surface area contributed by atoms with Crippen LogP contribution in [0.15, 0.2) is 11.8 Å². The van der Waals surface area contributed by atoms with Crippen molar-refractivity contribution in [3.8, 4) is 6.07 Å². The molecule has 58 valence electrons. The molecule has 0 saturated carbocycles. The van der Waals surface area contributed by atoms with Crippen molar-refractivity contribution < 1.29 is 9.63 Å². The molecule has 1 rings (SSSR count). The summed E-state index contributed by atoms with van der Waals surface area (Å²) in [6.45, 7) is 1.46. The van der Waals surface area contributed by atoms with Gasteiger partial charge in [-0.2, -0.15) is 5.26 Å². The molecule has 0 radical (unpaired) electrons. The number of ketones is 1. The minimum atomic E-state index is -0.398. The molecule has 0 N–H and O–H groups in total. The number of nitrogens with zero attached hydrogens (tertiary/aromatic N) is 2. The summed E-state index contributed by atoms with van der Waals surface area (Å²) in [5.41, 5.74) is 0. The smallest absolute Gasteiger partial charge is 0.222 e. The van der Waals surface area contributed by atoms with Crippen molar-refractivity contribution >= 4 is 5.78 Å². The third-order valence-corrected chi connectivity index (χ3v) is 1.47. The third kappa shape index (κ3) is 1.38. The molecule has 0 amide bonds. The van der Waals surface area contributed by atoms with Gasteiger partial charge in [0, 0.05) is 7.05 Å². The molecule has 1 atom stereocenters. The van der Waals surface area contributed by atoms with Crippen LogP contribution in [0, 0.1) is 11.3 Å². The van der Waals surface area contributed by atoms with Crippen molar-refractivity contribution in [1.82, 2.24) is 5.06 Å². The van der Waals surface area contributed by atoms with Crippen LogP contribution in [0.3, 0.4) is 0 Å². The lowest BCUT2D eigenvalue weighted by molar-refractivity contribution is -0.135. The number of Topliss-reactive ketones (excluding diaryl/α,β-unsaturated/α-hetero) is 1. The number of allylic oxidation sites excluding steroid dienone is 1. The van der Waals surface area contributed by atoms with Crippen molar-refractivity contribution in [2.45, 2.75) is 13.0 Å². The number of hydroxylamine groups is 2. The monoisotopic (exact) mass is 152 g/mol. The summed E-state index contributed by atoms with van der Waals surface area (Å²) < 4.78 is 0. The van der Waals surface area contributed by atoms with Crippen molar-refractivity contribution in [2.24, 2.45) is 0 Å². The Balaban J connectivity index is 2.78. The lowest BCUT2D eigenvalue weighted by atomic mass is 10.2. The molecule has 0 aliphatic carbocycles. The molecule has 0 bridgehead atoms. The van der Waals surface area contributed by atoms with Gasteiger partial charge in [-0.15, -0.1) is 5.06 Å². The van der Waals surface area contributed by atoms with E-state index in [-0.39, 0.29) is 11.5 Å². The van der Waals surface area contributed by atoms with Crippen LogP contribution in [0.4, 0.5) is 0 Å². The van der Waals surface area contributed by atoms with Crippen LogP contribution in [0.25, 0.3) is 0 Å². The van der Waals surface area contributed by atoms with Gasteiger partial charge >= 0.3 is 0 Å². The van der Waals surface area contributed by atoms with Gasteiger partial charge in [-0.25, -0.2) is 0 Å². The highest BCUT2D eigenvalue weighted by atomic mass is 16.7. The van der Waals surface area contributed by atoms with Crippen LogP contribution < -0.4 is 0 Å². The Morgan fingerprint density at radius 2 is 2.55 bits per heavy atom. The number of hydrogen-bond donors (Lipinski definition) is 0. The molecule has 0 aromatic carbocycles.